The Labute approximate surface area is 192 Å². The van der Waals surface area contributed by atoms with Gasteiger partial charge in [0.2, 0.25) is 0 Å². The first-order chi connectivity index (χ1) is 13.0. The Morgan fingerprint density at radius 2 is 1.79 bits per heavy atom. The second kappa shape index (κ2) is 13.4. The highest BCUT2D eigenvalue weighted by Gasteiger charge is 2.14. The molecule has 1 aromatic carbocycles. The molecule has 0 aliphatic rings. The van der Waals surface area contributed by atoms with Crippen LogP contribution in [0.4, 0.5) is 0 Å². The zero-order valence-corrected chi connectivity index (χ0v) is 21.2. The number of aliphatic hydroxyl groups excluding tert-OH is 1. The molecule has 1 rings (SSSR count). The Hall–Kier alpha value is -0.910. The number of hydrogen-bond donors (Lipinski definition) is 3. The van der Waals surface area contributed by atoms with Crippen LogP contribution >= 0.6 is 24.0 Å². The summed E-state index contributed by atoms with van der Waals surface area (Å²) in [6.45, 7) is 10.4. The van der Waals surface area contributed by atoms with Crippen LogP contribution in [0.15, 0.2) is 29.3 Å². The summed E-state index contributed by atoms with van der Waals surface area (Å²) in [6.07, 6.45) is 0.502. The van der Waals surface area contributed by atoms with Crippen molar-refractivity contribution in [3.05, 3.63) is 35.4 Å². The summed E-state index contributed by atoms with van der Waals surface area (Å²) in [5.41, 5.74) is 2.13. The third kappa shape index (κ3) is 12.4. The molecule has 9 heteroatoms. The third-order valence-electron chi connectivity index (χ3n) is 4.07. The van der Waals surface area contributed by atoms with Crippen LogP contribution in [0.3, 0.4) is 0 Å². The SMILES string of the molecule is CCNC(=NCC(O)c1ccc(C(C)(C)C)cc1)NCCOCCS(C)(=O)=O.I. The second-order valence-corrected chi connectivity index (χ2v) is 10.0. The minimum atomic E-state index is -3.00. The van der Waals surface area contributed by atoms with E-state index in [4.69, 9.17) is 4.74 Å². The molecule has 0 spiro atoms. The van der Waals surface area contributed by atoms with Crippen LogP contribution in [0, 0.1) is 0 Å². The highest BCUT2D eigenvalue weighted by molar-refractivity contribution is 14.0. The van der Waals surface area contributed by atoms with Gasteiger partial charge in [0.1, 0.15) is 9.84 Å². The number of sulfone groups is 1. The number of ether oxygens (including phenoxy) is 1. The number of aliphatic imine (C=N–C) groups is 1. The molecule has 168 valence electrons. The van der Waals surface area contributed by atoms with Crippen LogP contribution in [0.2, 0.25) is 0 Å². The van der Waals surface area contributed by atoms with E-state index in [1.54, 1.807) is 0 Å². The van der Waals surface area contributed by atoms with Crippen molar-refractivity contribution in [1.29, 1.82) is 0 Å². The zero-order chi connectivity index (χ0) is 21.2. The van der Waals surface area contributed by atoms with Gasteiger partial charge in [0, 0.05) is 19.3 Å². The van der Waals surface area contributed by atoms with Gasteiger partial charge in [0.15, 0.2) is 5.96 Å². The summed E-state index contributed by atoms with van der Waals surface area (Å²) in [5, 5.41) is 16.6. The van der Waals surface area contributed by atoms with E-state index >= 15 is 0 Å². The van der Waals surface area contributed by atoms with Crippen molar-refractivity contribution in [1.82, 2.24) is 10.6 Å². The molecule has 0 bridgehead atoms. The summed E-state index contributed by atoms with van der Waals surface area (Å²) in [4.78, 5) is 4.41. The summed E-state index contributed by atoms with van der Waals surface area (Å²) in [7, 11) is -3.00. The number of guanidine groups is 1. The van der Waals surface area contributed by atoms with Gasteiger partial charge in [-0.1, -0.05) is 45.0 Å². The molecule has 0 amide bonds. The van der Waals surface area contributed by atoms with E-state index < -0.39 is 15.9 Å². The molecule has 1 unspecified atom stereocenters. The van der Waals surface area contributed by atoms with E-state index in [0.717, 1.165) is 5.56 Å². The lowest BCUT2D eigenvalue weighted by molar-refractivity contribution is 0.154. The number of nitrogens with one attached hydrogen (secondary N) is 2. The van der Waals surface area contributed by atoms with Crippen LogP contribution < -0.4 is 10.6 Å². The molecular formula is C20H36IN3O4S. The number of aliphatic hydroxyl groups is 1. The van der Waals surface area contributed by atoms with E-state index in [9.17, 15) is 13.5 Å². The molecule has 0 radical (unpaired) electrons. The molecule has 0 aliphatic heterocycles. The summed E-state index contributed by atoms with van der Waals surface area (Å²) in [5.74, 6) is 0.598. The van der Waals surface area contributed by atoms with Gasteiger partial charge in [-0.2, -0.15) is 0 Å². The van der Waals surface area contributed by atoms with Gasteiger partial charge >= 0.3 is 0 Å². The molecule has 0 fully saturated rings. The maximum atomic E-state index is 11.0. The fourth-order valence-corrected chi connectivity index (χ4v) is 2.80. The van der Waals surface area contributed by atoms with Gasteiger partial charge in [-0.05, 0) is 23.5 Å². The largest absolute Gasteiger partial charge is 0.386 e. The van der Waals surface area contributed by atoms with Crippen LogP contribution in [-0.2, 0) is 20.0 Å². The Bertz CT molecular complexity index is 716. The van der Waals surface area contributed by atoms with Gasteiger partial charge in [-0.25, -0.2) is 8.42 Å². The van der Waals surface area contributed by atoms with Crippen molar-refractivity contribution < 1.29 is 18.3 Å². The lowest BCUT2D eigenvalue weighted by Crippen LogP contribution is -2.39. The van der Waals surface area contributed by atoms with Gasteiger partial charge in [0.25, 0.3) is 0 Å². The van der Waals surface area contributed by atoms with Crippen molar-refractivity contribution in [3.8, 4) is 0 Å². The monoisotopic (exact) mass is 541 g/mol. The lowest BCUT2D eigenvalue weighted by Gasteiger charge is -2.20. The molecule has 0 saturated heterocycles. The number of hydrogen-bond acceptors (Lipinski definition) is 5. The first-order valence-corrected chi connectivity index (χ1v) is 11.6. The topological polar surface area (TPSA) is 100 Å². The zero-order valence-electron chi connectivity index (χ0n) is 18.1. The normalized spacial score (nSPS) is 13.5. The fourth-order valence-electron chi connectivity index (χ4n) is 2.38. The number of benzene rings is 1. The van der Waals surface area contributed by atoms with Crippen molar-refractivity contribution in [2.45, 2.75) is 39.2 Å². The number of rotatable bonds is 10. The molecule has 1 atom stereocenters. The maximum Gasteiger partial charge on any atom is 0.191 e. The number of halogens is 1. The minimum absolute atomic E-state index is 0. The van der Waals surface area contributed by atoms with E-state index in [1.807, 2.05) is 31.2 Å². The maximum absolute atomic E-state index is 11.0. The highest BCUT2D eigenvalue weighted by atomic mass is 127. The Morgan fingerprint density at radius 1 is 1.17 bits per heavy atom. The smallest absolute Gasteiger partial charge is 0.191 e. The average molecular weight is 541 g/mol. The van der Waals surface area contributed by atoms with Gasteiger partial charge in [0.05, 0.1) is 31.6 Å². The van der Waals surface area contributed by atoms with Crippen molar-refractivity contribution >= 4 is 39.8 Å². The highest BCUT2D eigenvalue weighted by Crippen LogP contribution is 2.24. The van der Waals surface area contributed by atoms with E-state index in [-0.39, 0.29) is 48.3 Å². The van der Waals surface area contributed by atoms with E-state index in [1.165, 1.54) is 11.8 Å². The van der Waals surface area contributed by atoms with Crippen LogP contribution in [0.5, 0.6) is 0 Å². The Morgan fingerprint density at radius 3 is 2.31 bits per heavy atom. The summed E-state index contributed by atoms with van der Waals surface area (Å²) < 4.78 is 27.4. The van der Waals surface area contributed by atoms with Crippen LogP contribution in [-0.4, -0.2) is 64.3 Å². The molecule has 0 aromatic heterocycles. The van der Waals surface area contributed by atoms with Crippen molar-refractivity contribution in [3.63, 3.8) is 0 Å². The Kier molecular flexibility index (Phi) is 13.0. The average Bonchev–Trinajstić information content (AvgIpc) is 2.60. The van der Waals surface area contributed by atoms with Gasteiger partial charge in [-0.3, -0.25) is 4.99 Å². The molecule has 0 saturated carbocycles. The predicted octanol–water partition coefficient (Wildman–Crippen LogP) is 2.25. The van der Waals surface area contributed by atoms with E-state index in [2.05, 4.69) is 36.4 Å². The quantitative estimate of drug-likeness (QED) is 0.182. The first-order valence-electron chi connectivity index (χ1n) is 9.59. The van der Waals surface area contributed by atoms with Crippen molar-refractivity contribution in [2.24, 2.45) is 4.99 Å². The number of nitrogens with zero attached hydrogens (tertiary/aromatic N) is 1. The predicted molar refractivity (Wildman–Crippen MR) is 130 cm³/mol. The molecule has 0 heterocycles. The van der Waals surface area contributed by atoms with E-state index in [0.29, 0.717) is 25.7 Å². The molecule has 0 aliphatic carbocycles. The fraction of sp³-hybridized carbons (Fsp3) is 0.650. The molecule has 3 N–H and O–H groups in total. The molecule has 7 nitrogen and oxygen atoms in total. The molecule has 29 heavy (non-hydrogen) atoms. The standard InChI is InChI=1S/C20H35N3O4S.HI/c1-6-21-19(22-11-12-27-13-14-28(5,25)26)23-15-18(24)16-7-9-17(10-8-16)20(2,3)4;/h7-10,18,24H,6,11-15H2,1-5H3,(H2,21,22,23);1H. The van der Waals surface area contributed by atoms with Gasteiger partial charge < -0.3 is 20.5 Å². The van der Waals surface area contributed by atoms with Crippen LogP contribution in [0.25, 0.3) is 0 Å². The minimum Gasteiger partial charge on any atom is -0.386 e. The Balaban J connectivity index is 0.00000784. The van der Waals surface area contributed by atoms with Crippen LogP contribution in [0.1, 0.15) is 44.9 Å². The van der Waals surface area contributed by atoms with Crippen molar-refractivity contribution in [2.75, 3.05) is 44.9 Å². The molecule has 1 aromatic rings. The lowest BCUT2D eigenvalue weighted by atomic mass is 9.86. The van der Waals surface area contributed by atoms with Gasteiger partial charge in [-0.15, -0.1) is 24.0 Å². The third-order valence-corrected chi connectivity index (χ3v) is 4.97. The molecular weight excluding hydrogens is 505 g/mol. The summed E-state index contributed by atoms with van der Waals surface area (Å²) >= 11 is 0. The first kappa shape index (κ1) is 28.1. The summed E-state index contributed by atoms with van der Waals surface area (Å²) in [6, 6.07) is 7.96. The second-order valence-electron chi connectivity index (χ2n) is 7.78.